The molecule has 1 fully saturated rings. The Morgan fingerprint density at radius 1 is 1.03 bits per heavy atom. The van der Waals surface area contributed by atoms with Crippen LogP contribution in [0.3, 0.4) is 0 Å². The highest BCUT2D eigenvalue weighted by Crippen LogP contribution is 2.26. The first-order valence-electron chi connectivity index (χ1n) is 10.0. The Bertz CT molecular complexity index is 1030. The molecule has 8 heteroatoms. The van der Waals surface area contributed by atoms with Crippen LogP contribution < -0.4 is 5.32 Å². The molecule has 0 spiro atoms. The van der Waals surface area contributed by atoms with Gasteiger partial charge >= 0.3 is 0 Å². The normalized spacial score (nSPS) is 15.3. The lowest BCUT2D eigenvalue weighted by atomic mass is 10.1. The zero-order valence-electron chi connectivity index (χ0n) is 17.1. The highest BCUT2D eigenvalue weighted by Gasteiger charge is 2.32. The lowest BCUT2D eigenvalue weighted by molar-refractivity contribution is 0.256. The molecule has 156 valence electrons. The molecule has 3 aromatic rings. The van der Waals surface area contributed by atoms with E-state index in [-0.39, 0.29) is 6.04 Å². The van der Waals surface area contributed by atoms with E-state index in [9.17, 15) is 8.42 Å². The molecule has 1 N–H and O–H groups in total. The van der Waals surface area contributed by atoms with Crippen molar-refractivity contribution in [2.24, 2.45) is 0 Å². The van der Waals surface area contributed by atoms with Gasteiger partial charge in [-0.05, 0) is 73.0 Å². The van der Waals surface area contributed by atoms with Crippen molar-refractivity contribution in [1.82, 2.24) is 19.9 Å². The van der Waals surface area contributed by atoms with E-state index >= 15 is 0 Å². The maximum Gasteiger partial charge on any atom is 0.243 e. The molecule has 4 rings (SSSR count). The highest BCUT2D eigenvalue weighted by molar-refractivity contribution is 7.89. The second kappa shape index (κ2) is 9.47. The topological polar surface area (TPSA) is 88.3 Å². The summed E-state index contributed by atoms with van der Waals surface area (Å²) in [5.41, 5.74) is 3.19. The highest BCUT2D eigenvalue weighted by atomic mass is 32.2. The van der Waals surface area contributed by atoms with Gasteiger partial charge in [0.05, 0.1) is 4.90 Å². The fraction of sp³-hybridized carbons (Fsp3) is 0.429. The van der Waals surface area contributed by atoms with Crippen LogP contribution in [0.5, 0.6) is 0 Å². The number of piperidine rings is 1. The van der Waals surface area contributed by atoms with Gasteiger partial charge in [0, 0.05) is 12.6 Å². The molecule has 0 amide bonds. The number of aromatic nitrogens is 2. The molecule has 0 radical (unpaired) electrons. The van der Waals surface area contributed by atoms with Gasteiger partial charge in [-0.1, -0.05) is 37.6 Å². The third-order valence-electron chi connectivity index (χ3n) is 5.00. The average Bonchev–Trinajstić information content (AvgIpc) is 3.22. The van der Waals surface area contributed by atoms with E-state index in [4.69, 9.17) is 4.63 Å². The van der Waals surface area contributed by atoms with Crippen molar-refractivity contribution >= 4 is 21.1 Å². The van der Waals surface area contributed by atoms with E-state index in [0.717, 1.165) is 37.1 Å². The van der Waals surface area contributed by atoms with Crippen molar-refractivity contribution in [3.05, 3.63) is 53.6 Å². The molecule has 0 atom stereocenters. The number of aryl methyl sites for hydroxylation is 1. The van der Waals surface area contributed by atoms with Crippen LogP contribution in [-0.2, 0) is 16.6 Å². The summed E-state index contributed by atoms with van der Waals surface area (Å²) in [4.78, 5) is 0.329. The Kier molecular flexibility index (Phi) is 7.00. The zero-order chi connectivity index (χ0) is 20.9. The Morgan fingerprint density at radius 3 is 2.38 bits per heavy atom. The molecule has 0 bridgehead atoms. The molecule has 0 aliphatic carbocycles. The predicted octanol–water partition coefficient (Wildman–Crippen LogP) is 3.50. The first-order valence-corrected chi connectivity index (χ1v) is 11.5. The van der Waals surface area contributed by atoms with Crippen LogP contribution in [0.2, 0.25) is 0 Å². The van der Waals surface area contributed by atoms with Gasteiger partial charge in [0.2, 0.25) is 10.0 Å². The molecule has 1 aliphatic heterocycles. The fourth-order valence-electron chi connectivity index (χ4n) is 3.46. The van der Waals surface area contributed by atoms with Gasteiger partial charge in [-0.2, -0.15) is 4.31 Å². The van der Waals surface area contributed by atoms with Crippen LogP contribution in [0.15, 0.2) is 52.0 Å². The van der Waals surface area contributed by atoms with Crippen molar-refractivity contribution in [3.8, 4) is 0 Å². The third-order valence-corrected chi connectivity index (χ3v) is 6.91. The van der Waals surface area contributed by atoms with E-state index in [1.54, 1.807) is 22.5 Å². The van der Waals surface area contributed by atoms with Gasteiger partial charge in [-0.3, -0.25) is 0 Å². The summed E-state index contributed by atoms with van der Waals surface area (Å²) in [5, 5.41) is 11.0. The summed E-state index contributed by atoms with van der Waals surface area (Å²) < 4.78 is 33.2. The summed E-state index contributed by atoms with van der Waals surface area (Å²) >= 11 is 0. The maximum absolute atomic E-state index is 13.4. The second-order valence-electron chi connectivity index (χ2n) is 6.93. The van der Waals surface area contributed by atoms with Crippen LogP contribution in [0.4, 0.5) is 0 Å². The fourth-order valence-corrected chi connectivity index (χ4v) is 5.13. The molecule has 1 aromatic heterocycles. The Labute approximate surface area is 172 Å². The van der Waals surface area contributed by atoms with Crippen molar-refractivity contribution in [2.45, 2.75) is 51.1 Å². The van der Waals surface area contributed by atoms with E-state index < -0.39 is 10.0 Å². The summed E-state index contributed by atoms with van der Waals surface area (Å²) in [6.07, 6.45) is 1.58. The number of sulfonamides is 1. The molecular weight excluding hydrogens is 388 g/mol. The van der Waals surface area contributed by atoms with Gasteiger partial charge < -0.3 is 5.32 Å². The summed E-state index contributed by atoms with van der Waals surface area (Å²) in [6, 6.07) is 12.5. The third kappa shape index (κ3) is 4.83. The molecule has 2 aromatic carbocycles. The molecule has 0 unspecified atom stereocenters. The van der Waals surface area contributed by atoms with Crippen LogP contribution in [0, 0.1) is 6.92 Å². The molecular formula is C21H28N4O3S. The molecule has 1 aliphatic rings. The summed E-state index contributed by atoms with van der Waals surface area (Å²) in [7, 11) is -3.61. The Morgan fingerprint density at radius 2 is 1.69 bits per heavy atom. The van der Waals surface area contributed by atoms with Crippen LogP contribution in [0.1, 0.15) is 37.8 Å². The Balaban J connectivity index is 0.00000117. The zero-order valence-corrected chi connectivity index (χ0v) is 17.9. The average molecular weight is 417 g/mol. The Hall–Kier alpha value is -2.29. The van der Waals surface area contributed by atoms with E-state index in [2.05, 4.69) is 15.6 Å². The quantitative estimate of drug-likeness (QED) is 0.685. The van der Waals surface area contributed by atoms with E-state index in [1.165, 1.54) is 0 Å². The lowest BCUT2D eigenvalue weighted by Gasteiger charge is -2.34. The minimum Gasteiger partial charge on any atom is -0.317 e. The first-order chi connectivity index (χ1) is 14.0. The number of hydrogen-bond acceptors (Lipinski definition) is 6. The molecule has 7 nitrogen and oxygen atoms in total. The van der Waals surface area contributed by atoms with Crippen molar-refractivity contribution in [1.29, 1.82) is 0 Å². The largest absolute Gasteiger partial charge is 0.317 e. The first kappa shape index (κ1) is 21.4. The van der Waals surface area contributed by atoms with Gasteiger partial charge in [0.1, 0.15) is 11.0 Å². The number of fused-ring (bicyclic) bond motifs is 1. The minimum atomic E-state index is -3.61. The van der Waals surface area contributed by atoms with Crippen molar-refractivity contribution in [3.63, 3.8) is 0 Å². The molecule has 0 saturated carbocycles. The van der Waals surface area contributed by atoms with Gasteiger partial charge in [-0.15, -0.1) is 0 Å². The van der Waals surface area contributed by atoms with Crippen molar-refractivity contribution < 1.29 is 13.0 Å². The number of nitrogens with zero attached hydrogens (tertiary/aromatic N) is 3. The van der Waals surface area contributed by atoms with Gasteiger partial charge in [0.15, 0.2) is 0 Å². The number of benzene rings is 2. The molecule has 1 saturated heterocycles. The number of nitrogens with one attached hydrogen (secondary N) is 1. The molecule has 2 heterocycles. The van der Waals surface area contributed by atoms with Gasteiger partial charge in [0.25, 0.3) is 0 Å². The van der Waals surface area contributed by atoms with E-state index in [1.807, 2.05) is 45.0 Å². The maximum atomic E-state index is 13.4. The molecule has 29 heavy (non-hydrogen) atoms. The summed E-state index contributed by atoms with van der Waals surface area (Å²) in [5.74, 6) is 0. The number of hydrogen-bond donors (Lipinski definition) is 1. The van der Waals surface area contributed by atoms with E-state index in [0.29, 0.717) is 22.5 Å². The van der Waals surface area contributed by atoms with Crippen LogP contribution in [-0.4, -0.2) is 42.2 Å². The predicted molar refractivity (Wildman–Crippen MR) is 113 cm³/mol. The second-order valence-corrected chi connectivity index (χ2v) is 8.82. The van der Waals surface area contributed by atoms with Crippen LogP contribution in [0.25, 0.3) is 11.0 Å². The SMILES string of the molecule is CC.Cc1ccc(S(=O)(=O)N(Cc2ccc3nonc3c2)C2CCNCC2)cc1. The monoisotopic (exact) mass is 416 g/mol. The minimum absolute atomic E-state index is 0.0383. The smallest absolute Gasteiger partial charge is 0.243 e. The van der Waals surface area contributed by atoms with Gasteiger partial charge in [-0.25, -0.2) is 13.0 Å². The standard InChI is InChI=1S/C19H22N4O3S.C2H6/c1-14-2-5-17(6-3-14)27(24,25)23(16-8-10-20-11-9-16)13-15-4-7-18-19(12-15)22-26-21-18;1-2/h2-7,12,16,20H,8-11,13H2,1H3;1-2H3. The number of rotatable bonds is 5. The lowest BCUT2D eigenvalue weighted by Crippen LogP contribution is -2.45. The van der Waals surface area contributed by atoms with Crippen molar-refractivity contribution in [2.75, 3.05) is 13.1 Å². The van der Waals surface area contributed by atoms with Crippen LogP contribution >= 0.6 is 0 Å². The summed E-state index contributed by atoms with van der Waals surface area (Å²) in [6.45, 7) is 7.87.